The molecule has 28 heavy (non-hydrogen) atoms. The molecule has 3 atom stereocenters. The van der Waals surface area contributed by atoms with Crippen LogP contribution in [0.5, 0.6) is 0 Å². The minimum atomic E-state index is -0.982. The number of ether oxygens (including phenoxy) is 2. The van der Waals surface area contributed by atoms with E-state index in [9.17, 15) is 14.0 Å². The Morgan fingerprint density at radius 2 is 1.57 bits per heavy atom. The second-order valence-corrected chi connectivity index (χ2v) is 7.01. The second kappa shape index (κ2) is 10.4. The first kappa shape index (κ1) is 22.1. The van der Waals surface area contributed by atoms with Crippen LogP contribution in [0.15, 0.2) is 48.5 Å². The fourth-order valence-corrected chi connectivity index (χ4v) is 2.68. The van der Waals surface area contributed by atoms with E-state index in [1.807, 2.05) is 0 Å². The van der Waals surface area contributed by atoms with Crippen molar-refractivity contribution >= 4 is 35.1 Å². The fraction of sp³-hybridized carbons (Fsp3) is 0.300. The summed E-state index contributed by atoms with van der Waals surface area (Å²) in [5.41, 5.74) is 0.673. The standard InChI is InChI=1S/C13H14ClFO3.C7H5ClO2/c1-8-12(15)6-11(18-8)7-17-13(16)9-2-4-10(14)5-3-9;8-6-3-1-5(2-4-6)7(9)10/h2-5,8,11-12H,6-7H2,1H3;1-4H,(H,9,10). The number of hydrogen-bond acceptors (Lipinski definition) is 4. The predicted molar refractivity (Wildman–Crippen MR) is 104 cm³/mol. The van der Waals surface area contributed by atoms with Crippen LogP contribution >= 0.6 is 23.2 Å². The Kier molecular flexibility index (Phi) is 8.23. The van der Waals surface area contributed by atoms with Gasteiger partial charge in [-0.3, -0.25) is 0 Å². The highest BCUT2D eigenvalue weighted by atomic mass is 35.5. The summed E-state index contributed by atoms with van der Waals surface area (Å²) in [5, 5.41) is 9.53. The maximum atomic E-state index is 13.2. The molecule has 1 heterocycles. The molecule has 0 aromatic heterocycles. The first-order chi connectivity index (χ1) is 13.3. The number of halogens is 3. The molecular formula is C20H19Cl2FO5. The first-order valence-electron chi connectivity index (χ1n) is 8.47. The molecule has 1 aliphatic rings. The van der Waals surface area contributed by atoms with E-state index < -0.39 is 24.2 Å². The number of rotatable bonds is 4. The molecule has 1 aliphatic heterocycles. The van der Waals surface area contributed by atoms with Crippen molar-refractivity contribution in [1.82, 2.24) is 0 Å². The molecule has 0 aliphatic carbocycles. The number of carbonyl (C=O) groups is 2. The molecule has 1 saturated heterocycles. The van der Waals surface area contributed by atoms with Crippen molar-refractivity contribution in [2.45, 2.75) is 31.7 Å². The molecule has 2 aromatic rings. The van der Waals surface area contributed by atoms with Crippen LogP contribution < -0.4 is 0 Å². The monoisotopic (exact) mass is 428 g/mol. The van der Waals surface area contributed by atoms with Crippen LogP contribution in [0.3, 0.4) is 0 Å². The smallest absolute Gasteiger partial charge is 0.338 e. The summed E-state index contributed by atoms with van der Waals surface area (Å²) in [4.78, 5) is 21.9. The highest BCUT2D eigenvalue weighted by Crippen LogP contribution is 2.23. The number of alkyl halides is 1. The molecule has 5 nitrogen and oxygen atoms in total. The molecule has 3 rings (SSSR count). The van der Waals surface area contributed by atoms with Crippen LogP contribution in [0.2, 0.25) is 10.0 Å². The van der Waals surface area contributed by atoms with Crippen LogP contribution in [0.4, 0.5) is 4.39 Å². The summed E-state index contributed by atoms with van der Waals surface area (Å²) in [6, 6.07) is 12.4. The topological polar surface area (TPSA) is 72.8 Å². The third-order valence-corrected chi connectivity index (χ3v) is 4.48. The SMILES string of the molecule is CC1OC(COC(=O)c2ccc(Cl)cc2)CC1F.O=C(O)c1ccc(Cl)cc1. The molecule has 150 valence electrons. The van der Waals surface area contributed by atoms with E-state index in [-0.39, 0.29) is 24.7 Å². The number of carboxylic acids is 1. The van der Waals surface area contributed by atoms with Crippen molar-refractivity contribution < 1.29 is 28.6 Å². The zero-order valence-electron chi connectivity index (χ0n) is 15.0. The largest absolute Gasteiger partial charge is 0.478 e. The zero-order chi connectivity index (χ0) is 20.7. The lowest BCUT2D eigenvalue weighted by Crippen LogP contribution is -2.19. The van der Waals surface area contributed by atoms with Gasteiger partial charge in [-0.05, 0) is 55.5 Å². The molecule has 1 N–H and O–H groups in total. The maximum absolute atomic E-state index is 13.2. The van der Waals surface area contributed by atoms with Gasteiger partial charge in [0.1, 0.15) is 12.8 Å². The van der Waals surface area contributed by atoms with Gasteiger partial charge in [0, 0.05) is 16.5 Å². The lowest BCUT2D eigenvalue weighted by atomic mass is 10.2. The number of benzene rings is 2. The summed E-state index contributed by atoms with van der Waals surface area (Å²) in [6.45, 7) is 1.75. The second-order valence-electron chi connectivity index (χ2n) is 6.13. The van der Waals surface area contributed by atoms with Crippen LogP contribution in [0, 0.1) is 0 Å². The number of aromatic carboxylic acids is 1. The lowest BCUT2D eigenvalue weighted by Gasteiger charge is -2.11. The van der Waals surface area contributed by atoms with E-state index in [1.165, 1.54) is 12.1 Å². The van der Waals surface area contributed by atoms with Gasteiger partial charge in [0.05, 0.1) is 23.3 Å². The van der Waals surface area contributed by atoms with E-state index in [1.54, 1.807) is 43.3 Å². The predicted octanol–water partition coefficient (Wildman–Crippen LogP) is 5.05. The van der Waals surface area contributed by atoms with Gasteiger partial charge < -0.3 is 14.6 Å². The van der Waals surface area contributed by atoms with Crippen LogP contribution in [0.1, 0.15) is 34.1 Å². The Morgan fingerprint density at radius 1 is 1.07 bits per heavy atom. The molecule has 8 heteroatoms. The van der Waals surface area contributed by atoms with Crippen molar-refractivity contribution in [1.29, 1.82) is 0 Å². The van der Waals surface area contributed by atoms with E-state index in [0.29, 0.717) is 15.6 Å². The fourth-order valence-electron chi connectivity index (χ4n) is 2.42. The third-order valence-electron chi connectivity index (χ3n) is 3.98. The third kappa shape index (κ3) is 6.78. The van der Waals surface area contributed by atoms with Gasteiger partial charge in [0.2, 0.25) is 0 Å². The summed E-state index contributed by atoms with van der Waals surface area (Å²) in [7, 11) is 0. The number of hydrogen-bond donors (Lipinski definition) is 1. The van der Waals surface area contributed by atoms with Crippen LogP contribution in [-0.4, -0.2) is 42.0 Å². The van der Waals surface area contributed by atoms with E-state index >= 15 is 0 Å². The summed E-state index contributed by atoms with van der Waals surface area (Å²) >= 11 is 11.2. The van der Waals surface area contributed by atoms with E-state index in [0.717, 1.165) is 0 Å². The Hall–Kier alpha value is -2.15. The van der Waals surface area contributed by atoms with Gasteiger partial charge in [-0.25, -0.2) is 14.0 Å². The minimum Gasteiger partial charge on any atom is -0.478 e. The van der Waals surface area contributed by atoms with E-state index in [2.05, 4.69) is 0 Å². The molecule has 0 bridgehead atoms. The molecule has 0 saturated carbocycles. The number of esters is 1. The summed E-state index contributed by atoms with van der Waals surface area (Å²) < 4.78 is 23.6. The summed E-state index contributed by atoms with van der Waals surface area (Å²) in [6.07, 6.45) is -1.49. The Labute approximate surface area is 172 Å². The molecule has 2 aromatic carbocycles. The Morgan fingerprint density at radius 3 is 2.00 bits per heavy atom. The van der Waals surface area contributed by atoms with Crippen molar-refractivity contribution in [3.05, 3.63) is 69.7 Å². The molecule has 3 unspecified atom stereocenters. The van der Waals surface area contributed by atoms with Crippen molar-refractivity contribution in [3.63, 3.8) is 0 Å². The van der Waals surface area contributed by atoms with Gasteiger partial charge in [0.25, 0.3) is 0 Å². The molecule has 0 amide bonds. The normalized spacial score (nSPS) is 20.8. The van der Waals surface area contributed by atoms with Gasteiger partial charge in [0.15, 0.2) is 0 Å². The summed E-state index contributed by atoms with van der Waals surface area (Å²) in [5.74, 6) is -1.39. The molecular weight excluding hydrogens is 410 g/mol. The van der Waals surface area contributed by atoms with Crippen molar-refractivity contribution in [2.75, 3.05) is 6.61 Å². The minimum absolute atomic E-state index is 0.0756. The molecule has 0 spiro atoms. The Bertz CT molecular complexity index is 785. The molecule has 1 fully saturated rings. The van der Waals surface area contributed by atoms with Gasteiger partial charge in [-0.2, -0.15) is 0 Å². The lowest BCUT2D eigenvalue weighted by molar-refractivity contribution is -0.00708. The average Bonchev–Trinajstić information content (AvgIpc) is 2.99. The van der Waals surface area contributed by atoms with Crippen molar-refractivity contribution in [3.8, 4) is 0 Å². The van der Waals surface area contributed by atoms with Crippen LogP contribution in [-0.2, 0) is 9.47 Å². The average molecular weight is 429 g/mol. The first-order valence-corrected chi connectivity index (χ1v) is 9.23. The highest BCUT2D eigenvalue weighted by molar-refractivity contribution is 6.30. The molecule has 0 radical (unpaired) electrons. The van der Waals surface area contributed by atoms with Crippen molar-refractivity contribution in [2.24, 2.45) is 0 Å². The van der Waals surface area contributed by atoms with E-state index in [4.69, 9.17) is 37.8 Å². The van der Waals surface area contributed by atoms with Gasteiger partial charge in [-0.15, -0.1) is 0 Å². The Balaban J connectivity index is 0.000000237. The maximum Gasteiger partial charge on any atom is 0.338 e. The highest BCUT2D eigenvalue weighted by Gasteiger charge is 2.32. The number of carbonyl (C=O) groups excluding carboxylic acids is 1. The number of carboxylic acid groups (broad SMARTS) is 1. The van der Waals surface area contributed by atoms with Gasteiger partial charge >= 0.3 is 11.9 Å². The quantitative estimate of drug-likeness (QED) is 0.689. The van der Waals surface area contributed by atoms with Crippen LogP contribution in [0.25, 0.3) is 0 Å². The zero-order valence-corrected chi connectivity index (χ0v) is 16.5. The van der Waals surface area contributed by atoms with Gasteiger partial charge in [-0.1, -0.05) is 23.2 Å².